The van der Waals surface area contributed by atoms with Crippen molar-refractivity contribution in [2.24, 2.45) is 0 Å². The van der Waals surface area contributed by atoms with Crippen molar-refractivity contribution in [2.45, 2.75) is 19.9 Å². The van der Waals surface area contributed by atoms with E-state index < -0.39 is 0 Å². The molecule has 0 aliphatic heterocycles. The Kier molecular flexibility index (Phi) is 4.51. The lowest BCUT2D eigenvalue weighted by Crippen LogP contribution is -2.11. The molecule has 2 heterocycles. The zero-order valence-electron chi connectivity index (χ0n) is 13.6. The first kappa shape index (κ1) is 15.7. The summed E-state index contributed by atoms with van der Waals surface area (Å²) in [6.07, 6.45) is 1.72. The minimum Gasteiger partial charge on any atom is -0.368 e. The van der Waals surface area contributed by atoms with Crippen LogP contribution in [0.1, 0.15) is 13.8 Å². The summed E-state index contributed by atoms with van der Waals surface area (Å²) in [4.78, 5) is 17.1. The monoisotopic (exact) mass is 321 g/mol. The molecule has 7 heteroatoms. The van der Waals surface area contributed by atoms with Crippen molar-refractivity contribution < 1.29 is 0 Å². The molecule has 4 N–H and O–H groups in total. The van der Waals surface area contributed by atoms with Gasteiger partial charge in [-0.3, -0.25) is 0 Å². The van der Waals surface area contributed by atoms with Gasteiger partial charge in [0.1, 0.15) is 5.82 Å². The van der Waals surface area contributed by atoms with Crippen LogP contribution >= 0.6 is 0 Å². The fourth-order valence-corrected chi connectivity index (χ4v) is 2.18. The molecular weight excluding hydrogens is 302 g/mol. The van der Waals surface area contributed by atoms with Gasteiger partial charge in [-0.15, -0.1) is 0 Å². The quantitative estimate of drug-likeness (QED) is 0.663. The molecule has 0 unspecified atom stereocenters. The second-order valence-electron chi connectivity index (χ2n) is 5.56. The van der Waals surface area contributed by atoms with Crippen LogP contribution in [-0.2, 0) is 0 Å². The molecule has 7 nitrogen and oxygen atoms in total. The molecule has 1 aromatic carbocycles. The summed E-state index contributed by atoms with van der Waals surface area (Å²) < 4.78 is 0. The zero-order valence-corrected chi connectivity index (χ0v) is 13.6. The Morgan fingerprint density at radius 3 is 2.54 bits per heavy atom. The number of nitrogens with one attached hydrogen (secondary N) is 2. The Balaban J connectivity index is 1.87. The number of benzene rings is 1. The Hall–Kier alpha value is -3.22. The van der Waals surface area contributed by atoms with Crippen molar-refractivity contribution in [3.8, 4) is 11.4 Å². The van der Waals surface area contributed by atoms with Gasteiger partial charge in [0.15, 0.2) is 5.82 Å². The van der Waals surface area contributed by atoms with E-state index in [-0.39, 0.29) is 5.95 Å². The molecule has 0 aliphatic carbocycles. The van der Waals surface area contributed by atoms with Crippen LogP contribution in [0.4, 0.5) is 23.4 Å². The van der Waals surface area contributed by atoms with E-state index in [0.29, 0.717) is 17.8 Å². The van der Waals surface area contributed by atoms with Gasteiger partial charge in [0, 0.05) is 29.6 Å². The fraction of sp³-hybridized carbons (Fsp3) is 0.176. The van der Waals surface area contributed by atoms with Crippen LogP contribution in [0, 0.1) is 0 Å². The molecule has 3 aromatic rings. The highest BCUT2D eigenvalue weighted by atomic mass is 15.2. The summed E-state index contributed by atoms with van der Waals surface area (Å²) in [5.74, 6) is 1.87. The average molecular weight is 321 g/mol. The number of aromatic nitrogens is 4. The van der Waals surface area contributed by atoms with Crippen molar-refractivity contribution >= 4 is 23.4 Å². The average Bonchev–Trinajstić information content (AvgIpc) is 2.55. The van der Waals surface area contributed by atoms with E-state index in [4.69, 9.17) is 5.73 Å². The summed E-state index contributed by atoms with van der Waals surface area (Å²) in [5.41, 5.74) is 7.52. The highest BCUT2D eigenvalue weighted by Crippen LogP contribution is 2.20. The summed E-state index contributed by atoms with van der Waals surface area (Å²) in [6, 6.07) is 13.7. The van der Waals surface area contributed by atoms with Gasteiger partial charge in [-0.05, 0) is 19.9 Å². The Bertz CT molecular complexity index is 818. The van der Waals surface area contributed by atoms with Crippen molar-refractivity contribution in [3.63, 3.8) is 0 Å². The number of hydrogen-bond acceptors (Lipinski definition) is 7. The third-order valence-electron chi connectivity index (χ3n) is 3.14. The number of hydrogen-bond donors (Lipinski definition) is 3. The van der Waals surface area contributed by atoms with Crippen molar-refractivity contribution in [1.29, 1.82) is 0 Å². The number of anilines is 4. The standard InChI is InChI=1S/C17H19N7/c1-11(2)20-14-10-13(8-9-19-14)21-17-23-15(22-16(18)24-17)12-6-4-3-5-7-12/h3-11H,1-2H3,(H4,18,19,20,21,22,23,24). The Labute approximate surface area is 140 Å². The first-order chi connectivity index (χ1) is 11.6. The Morgan fingerprint density at radius 1 is 1.00 bits per heavy atom. The summed E-state index contributed by atoms with van der Waals surface area (Å²) in [6.45, 7) is 4.11. The van der Waals surface area contributed by atoms with Gasteiger partial charge >= 0.3 is 0 Å². The van der Waals surface area contributed by atoms with Gasteiger partial charge < -0.3 is 16.4 Å². The minimum atomic E-state index is 0.168. The second-order valence-corrected chi connectivity index (χ2v) is 5.56. The predicted octanol–water partition coefficient (Wildman–Crippen LogP) is 3.08. The van der Waals surface area contributed by atoms with E-state index in [1.165, 1.54) is 0 Å². The highest BCUT2D eigenvalue weighted by Gasteiger charge is 2.07. The molecule has 0 amide bonds. The van der Waals surface area contributed by atoms with Gasteiger partial charge in [-0.25, -0.2) is 4.98 Å². The van der Waals surface area contributed by atoms with E-state index in [9.17, 15) is 0 Å². The lowest BCUT2D eigenvalue weighted by atomic mass is 10.2. The van der Waals surface area contributed by atoms with E-state index in [2.05, 4.69) is 44.4 Å². The lowest BCUT2D eigenvalue weighted by Gasteiger charge is -2.11. The van der Waals surface area contributed by atoms with E-state index in [1.54, 1.807) is 6.20 Å². The third-order valence-corrected chi connectivity index (χ3v) is 3.14. The first-order valence-corrected chi connectivity index (χ1v) is 7.67. The molecule has 0 radical (unpaired) electrons. The maximum Gasteiger partial charge on any atom is 0.232 e. The van der Waals surface area contributed by atoms with Crippen LogP contribution in [-0.4, -0.2) is 26.0 Å². The zero-order chi connectivity index (χ0) is 16.9. The molecule has 0 aliphatic rings. The summed E-state index contributed by atoms with van der Waals surface area (Å²) >= 11 is 0. The van der Waals surface area contributed by atoms with Gasteiger partial charge in [0.2, 0.25) is 11.9 Å². The van der Waals surface area contributed by atoms with Gasteiger partial charge in [-0.2, -0.15) is 15.0 Å². The van der Waals surface area contributed by atoms with Crippen molar-refractivity contribution in [2.75, 3.05) is 16.4 Å². The molecule has 0 atom stereocenters. The molecule has 24 heavy (non-hydrogen) atoms. The molecule has 0 spiro atoms. The van der Waals surface area contributed by atoms with Gasteiger partial charge in [0.25, 0.3) is 0 Å². The maximum absolute atomic E-state index is 5.82. The smallest absolute Gasteiger partial charge is 0.232 e. The van der Waals surface area contributed by atoms with E-state index >= 15 is 0 Å². The fourth-order valence-electron chi connectivity index (χ4n) is 2.18. The van der Waals surface area contributed by atoms with Crippen LogP contribution in [0.3, 0.4) is 0 Å². The molecule has 122 valence electrons. The molecular formula is C17H19N7. The third kappa shape index (κ3) is 3.95. The minimum absolute atomic E-state index is 0.168. The number of nitrogens with zero attached hydrogens (tertiary/aromatic N) is 4. The predicted molar refractivity (Wildman–Crippen MR) is 96.0 cm³/mol. The molecule has 0 bridgehead atoms. The molecule has 2 aromatic heterocycles. The maximum atomic E-state index is 5.82. The van der Waals surface area contributed by atoms with Gasteiger partial charge in [-0.1, -0.05) is 30.3 Å². The summed E-state index contributed by atoms with van der Waals surface area (Å²) in [5, 5.41) is 6.40. The highest BCUT2D eigenvalue weighted by molar-refractivity contribution is 5.62. The van der Waals surface area contributed by atoms with Crippen LogP contribution in [0.25, 0.3) is 11.4 Å². The number of nitrogens with two attached hydrogens (primary N) is 1. The van der Waals surface area contributed by atoms with Crippen LogP contribution < -0.4 is 16.4 Å². The molecule has 0 saturated heterocycles. The Morgan fingerprint density at radius 2 is 1.79 bits per heavy atom. The van der Waals surface area contributed by atoms with Crippen LogP contribution in [0.5, 0.6) is 0 Å². The number of pyridine rings is 1. The molecule has 0 saturated carbocycles. The van der Waals surface area contributed by atoms with Gasteiger partial charge in [0.05, 0.1) is 0 Å². The molecule has 0 fully saturated rings. The molecule has 3 rings (SSSR count). The number of rotatable bonds is 5. The number of nitrogen functional groups attached to an aromatic ring is 1. The van der Waals surface area contributed by atoms with Crippen LogP contribution in [0.2, 0.25) is 0 Å². The SMILES string of the molecule is CC(C)Nc1cc(Nc2nc(N)nc(-c3ccccc3)n2)ccn1. The first-order valence-electron chi connectivity index (χ1n) is 7.67. The van der Waals surface area contributed by atoms with E-state index in [0.717, 1.165) is 17.1 Å². The van der Waals surface area contributed by atoms with Crippen LogP contribution in [0.15, 0.2) is 48.7 Å². The normalized spacial score (nSPS) is 10.6. The summed E-state index contributed by atoms with van der Waals surface area (Å²) in [7, 11) is 0. The van der Waals surface area contributed by atoms with Crippen molar-refractivity contribution in [1.82, 2.24) is 19.9 Å². The lowest BCUT2D eigenvalue weighted by molar-refractivity contribution is 0.889. The van der Waals surface area contributed by atoms with Crippen molar-refractivity contribution in [3.05, 3.63) is 48.7 Å². The van der Waals surface area contributed by atoms with E-state index in [1.807, 2.05) is 42.5 Å². The largest absolute Gasteiger partial charge is 0.368 e. The topological polar surface area (TPSA) is 102 Å². The second kappa shape index (κ2) is 6.91.